The van der Waals surface area contributed by atoms with Crippen molar-refractivity contribution >= 4 is 16.6 Å². The van der Waals surface area contributed by atoms with E-state index in [2.05, 4.69) is 4.18 Å². The van der Waals surface area contributed by atoms with Crippen LogP contribution in [0.15, 0.2) is 0 Å². The average Bonchev–Trinajstić information content (AvgIpc) is 2.24. The fourth-order valence-corrected chi connectivity index (χ4v) is 1.52. The molecule has 0 radical (unpaired) electrons. The second-order valence-electron chi connectivity index (χ2n) is 4.21. The number of hydrogen-bond acceptors (Lipinski definition) is 4. The molecule has 0 fully saturated rings. The molecule has 0 rings (SSSR count). The molecule has 0 aliphatic carbocycles. The topological polar surface area (TPSA) is 72.5 Å². The van der Waals surface area contributed by atoms with E-state index in [0.29, 0.717) is 6.29 Å². The number of carbonyl (C=O) groups excluding carboxylic acids is 1. The third-order valence-electron chi connectivity index (χ3n) is 1.75. The van der Waals surface area contributed by atoms with Crippen LogP contribution in [0, 0.1) is 5.41 Å². The smallest absolute Gasteiger partial charge is 0.303 e. The number of carbonyl (C=O) groups is 1. The van der Waals surface area contributed by atoms with Crippen molar-refractivity contribution in [3.63, 3.8) is 0 Å². The Morgan fingerprint density at radius 1 is 1.33 bits per heavy atom. The van der Waals surface area contributed by atoms with E-state index in [0.717, 1.165) is 0 Å². The summed E-state index contributed by atoms with van der Waals surface area (Å²) in [4.78, 5) is 10.5. The van der Waals surface area contributed by atoms with E-state index >= 15 is 0 Å². The lowest BCUT2D eigenvalue weighted by atomic mass is 9.97. The van der Waals surface area contributed by atoms with Crippen molar-refractivity contribution in [1.29, 1.82) is 0 Å². The van der Waals surface area contributed by atoms with E-state index in [-0.39, 0.29) is 0 Å². The minimum atomic E-state index is -4.61. The van der Waals surface area contributed by atoms with E-state index in [9.17, 15) is 30.8 Å². The third-order valence-corrected chi connectivity index (χ3v) is 2.68. The predicted octanol–water partition coefficient (Wildman–Crippen LogP) is 0.963. The summed E-state index contributed by atoms with van der Waals surface area (Å²) in [6.45, 7) is 0.396. The van der Waals surface area contributed by atoms with Crippen molar-refractivity contribution in [2.45, 2.75) is 26.2 Å². The lowest BCUT2D eigenvalue weighted by Gasteiger charge is -2.18. The van der Waals surface area contributed by atoms with Crippen LogP contribution >= 0.6 is 0 Å². The molecule has 0 bridgehead atoms. The molecule has 0 aromatic carbocycles. The van der Waals surface area contributed by atoms with Gasteiger partial charge in [0.2, 0.25) is 0 Å². The standard InChI is InChI=1S/C8H13F4NO4S/c1-7(2,4-14)3-13-18(15,16)17-5-8(11,12)6(9)10/h4,6,13H,3,5H2,1-2H3. The van der Waals surface area contributed by atoms with Crippen LogP contribution in [-0.4, -0.2) is 40.2 Å². The highest BCUT2D eigenvalue weighted by Gasteiger charge is 2.42. The van der Waals surface area contributed by atoms with Gasteiger partial charge in [-0.2, -0.15) is 21.9 Å². The first-order chi connectivity index (χ1) is 7.92. The minimum absolute atomic E-state index is 0.404. The van der Waals surface area contributed by atoms with Crippen molar-refractivity contribution in [2.24, 2.45) is 5.41 Å². The molecule has 5 nitrogen and oxygen atoms in total. The van der Waals surface area contributed by atoms with Crippen molar-refractivity contribution in [1.82, 2.24) is 4.72 Å². The Kier molecular flexibility index (Phi) is 5.69. The van der Waals surface area contributed by atoms with Crippen LogP contribution < -0.4 is 4.72 Å². The zero-order chi connectivity index (χ0) is 14.6. The number of nitrogens with one attached hydrogen (secondary N) is 1. The molecule has 0 spiro atoms. The SMILES string of the molecule is CC(C)(C=O)CNS(=O)(=O)OCC(F)(F)C(F)F. The van der Waals surface area contributed by atoms with Crippen LogP contribution in [0.5, 0.6) is 0 Å². The van der Waals surface area contributed by atoms with Crippen LogP contribution in [0.2, 0.25) is 0 Å². The summed E-state index contributed by atoms with van der Waals surface area (Å²) in [6.07, 6.45) is -3.58. The third kappa shape index (κ3) is 6.26. The highest BCUT2D eigenvalue weighted by atomic mass is 32.2. The molecule has 0 heterocycles. The van der Waals surface area contributed by atoms with Crippen LogP contribution in [0.3, 0.4) is 0 Å². The maximum atomic E-state index is 12.4. The maximum Gasteiger partial charge on any atom is 0.336 e. The Bertz CT molecular complexity index is 383. The van der Waals surface area contributed by atoms with Crippen molar-refractivity contribution in [3.8, 4) is 0 Å². The monoisotopic (exact) mass is 295 g/mol. The molecule has 1 N–H and O–H groups in total. The van der Waals surface area contributed by atoms with E-state index in [1.807, 2.05) is 0 Å². The summed E-state index contributed by atoms with van der Waals surface area (Å²) in [6, 6.07) is 0. The van der Waals surface area contributed by atoms with E-state index in [1.165, 1.54) is 13.8 Å². The molecule has 0 atom stereocenters. The van der Waals surface area contributed by atoms with Crippen LogP contribution in [-0.2, 0) is 19.3 Å². The van der Waals surface area contributed by atoms with Gasteiger partial charge >= 0.3 is 22.7 Å². The first kappa shape index (κ1) is 17.3. The van der Waals surface area contributed by atoms with Gasteiger partial charge in [-0.15, -0.1) is 0 Å². The van der Waals surface area contributed by atoms with Gasteiger partial charge in [0.25, 0.3) is 0 Å². The Morgan fingerprint density at radius 2 is 1.83 bits per heavy atom. The Labute approximate surface area is 102 Å². The number of aldehydes is 1. The van der Waals surface area contributed by atoms with Gasteiger partial charge in [0.1, 0.15) is 12.9 Å². The second kappa shape index (κ2) is 5.93. The Morgan fingerprint density at radius 3 is 2.22 bits per heavy atom. The maximum absolute atomic E-state index is 12.4. The lowest BCUT2D eigenvalue weighted by molar-refractivity contribution is -0.147. The molecule has 10 heteroatoms. The molecular formula is C8H13F4NO4S. The molecule has 0 aromatic rings. The number of hydrogen-bond donors (Lipinski definition) is 1. The van der Waals surface area contributed by atoms with Crippen LogP contribution in [0.1, 0.15) is 13.8 Å². The highest BCUT2D eigenvalue weighted by molar-refractivity contribution is 7.84. The summed E-state index contributed by atoms with van der Waals surface area (Å²) in [7, 11) is -4.61. The van der Waals surface area contributed by atoms with E-state index in [4.69, 9.17) is 0 Å². The van der Waals surface area contributed by atoms with Crippen molar-refractivity contribution in [3.05, 3.63) is 0 Å². The van der Waals surface area contributed by atoms with Gasteiger partial charge in [0.15, 0.2) is 0 Å². The molecule has 0 saturated heterocycles. The summed E-state index contributed by atoms with van der Waals surface area (Å²) >= 11 is 0. The van der Waals surface area contributed by atoms with E-state index < -0.39 is 41.2 Å². The van der Waals surface area contributed by atoms with Gasteiger partial charge < -0.3 is 4.79 Å². The molecule has 18 heavy (non-hydrogen) atoms. The quantitative estimate of drug-likeness (QED) is 0.535. The molecule has 0 unspecified atom stereocenters. The molecular weight excluding hydrogens is 282 g/mol. The van der Waals surface area contributed by atoms with Gasteiger partial charge in [-0.3, -0.25) is 4.18 Å². The zero-order valence-electron chi connectivity index (χ0n) is 9.62. The average molecular weight is 295 g/mol. The summed E-state index contributed by atoms with van der Waals surface area (Å²) < 4.78 is 75.7. The van der Waals surface area contributed by atoms with Gasteiger partial charge in [0.05, 0.1) is 0 Å². The molecule has 108 valence electrons. The lowest BCUT2D eigenvalue weighted by Crippen LogP contribution is -2.39. The normalized spacial score (nSPS) is 13.9. The first-order valence-corrected chi connectivity index (χ1v) is 6.09. The highest BCUT2D eigenvalue weighted by Crippen LogP contribution is 2.23. The second-order valence-corrected chi connectivity index (χ2v) is 5.64. The molecule has 0 aliphatic rings. The van der Waals surface area contributed by atoms with E-state index in [1.54, 1.807) is 4.72 Å². The summed E-state index contributed by atoms with van der Waals surface area (Å²) in [5.74, 6) is -4.56. The fourth-order valence-electron chi connectivity index (χ4n) is 0.577. The van der Waals surface area contributed by atoms with Crippen molar-refractivity contribution < 1.29 is 35.0 Å². The van der Waals surface area contributed by atoms with Crippen molar-refractivity contribution in [2.75, 3.05) is 13.2 Å². The molecule has 0 amide bonds. The van der Waals surface area contributed by atoms with Gasteiger partial charge in [-0.1, -0.05) is 13.8 Å². The minimum Gasteiger partial charge on any atom is -0.303 e. The van der Waals surface area contributed by atoms with Gasteiger partial charge in [-0.05, 0) is 0 Å². The zero-order valence-corrected chi connectivity index (χ0v) is 10.4. The largest absolute Gasteiger partial charge is 0.336 e. The van der Waals surface area contributed by atoms with Crippen LogP contribution in [0.4, 0.5) is 17.6 Å². The van der Waals surface area contributed by atoms with Crippen LogP contribution in [0.25, 0.3) is 0 Å². The molecule has 0 aromatic heterocycles. The number of rotatable bonds is 8. The number of alkyl halides is 4. The first-order valence-electron chi connectivity index (χ1n) is 4.68. The Balaban J connectivity index is 4.39. The fraction of sp³-hybridized carbons (Fsp3) is 0.875. The summed E-state index contributed by atoms with van der Waals surface area (Å²) in [5.41, 5.74) is -1.07. The summed E-state index contributed by atoms with van der Waals surface area (Å²) in [5, 5.41) is 0. The van der Waals surface area contributed by atoms with Gasteiger partial charge in [0, 0.05) is 12.0 Å². The predicted molar refractivity (Wildman–Crippen MR) is 53.7 cm³/mol. The molecule has 0 aliphatic heterocycles. The van der Waals surface area contributed by atoms with Gasteiger partial charge in [-0.25, -0.2) is 8.78 Å². The number of halogens is 4. The Hall–Kier alpha value is -0.740. The molecule has 0 saturated carbocycles.